The topological polar surface area (TPSA) is 100.0 Å². The van der Waals surface area contributed by atoms with E-state index in [0.717, 1.165) is 69.3 Å². The van der Waals surface area contributed by atoms with Crippen LogP contribution in [0.4, 0.5) is 0 Å². The first-order chi connectivity index (χ1) is 18.6. The molecule has 4 rings (SSSR count). The molecule has 2 fully saturated rings. The lowest BCUT2D eigenvalue weighted by molar-refractivity contribution is -0.107. The summed E-state index contributed by atoms with van der Waals surface area (Å²) in [7, 11) is 0. The van der Waals surface area contributed by atoms with E-state index in [1.54, 1.807) is 0 Å². The van der Waals surface area contributed by atoms with E-state index >= 15 is 0 Å². The van der Waals surface area contributed by atoms with Crippen LogP contribution in [0.2, 0.25) is 0 Å². The van der Waals surface area contributed by atoms with Gasteiger partial charge in [-0.2, -0.15) is 0 Å². The van der Waals surface area contributed by atoms with Gasteiger partial charge in [-0.1, -0.05) is 37.1 Å². The van der Waals surface area contributed by atoms with E-state index in [0.29, 0.717) is 32.2 Å². The third kappa shape index (κ3) is 8.98. The highest BCUT2D eigenvalue weighted by molar-refractivity contribution is 5.29. The molecule has 0 heterocycles. The molecular formula is C32H48N2O4. The molecule has 0 aromatic heterocycles. The summed E-state index contributed by atoms with van der Waals surface area (Å²) in [6.07, 6.45) is 11.1. The monoisotopic (exact) mass is 524 g/mol. The van der Waals surface area contributed by atoms with Gasteiger partial charge < -0.3 is 30.8 Å². The van der Waals surface area contributed by atoms with Crippen molar-refractivity contribution in [1.82, 2.24) is 0 Å². The largest absolute Gasteiger partial charge is 0.493 e. The number of nitrogens with two attached hydrogens (primary N) is 2. The zero-order valence-corrected chi connectivity index (χ0v) is 22.9. The lowest BCUT2D eigenvalue weighted by atomic mass is 9.83. The highest BCUT2D eigenvalue weighted by atomic mass is 16.5. The summed E-state index contributed by atoms with van der Waals surface area (Å²) >= 11 is 0. The third-order valence-electron chi connectivity index (χ3n) is 8.16. The third-order valence-corrected chi connectivity index (χ3v) is 8.16. The Morgan fingerprint density at radius 1 is 0.737 bits per heavy atom. The molecule has 210 valence electrons. The first-order valence-electron chi connectivity index (χ1n) is 14.8. The number of aliphatic hydroxyl groups is 1. The summed E-state index contributed by atoms with van der Waals surface area (Å²) < 4.78 is 19.1. The van der Waals surface area contributed by atoms with Gasteiger partial charge in [-0.25, -0.2) is 0 Å². The molecule has 2 saturated carbocycles. The van der Waals surface area contributed by atoms with Crippen molar-refractivity contribution in [3.63, 3.8) is 0 Å². The number of aryl methyl sites for hydroxylation is 2. The highest BCUT2D eigenvalue weighted by Crippen LogP contribution is 2.34. The van der Waals surface area contributed by atoms with Gasteiger partial charge in [-0.05, 0) is 106 Å². The molecule has 0 spiro atoms. The Balaban J connectivity index is 1.27. The highest BCUT2D eigenvalue weighted by Gasteiger charge is 2.34. The van der Waals surface area contributed by atoms with Crippen molar-refractivity contribution in [3.05, 3.63) is 59.7 Å². The van der Waals surface area contributed by atoms with Crippen molar-refractivity contribution in [1.29, 1.82) is 0 Å². The summed E-state index contributed by atoms with van der Waals surface area (Å²) in [6.45, 7) is 2.60. The van der Waals surface area contributed by atoms with Gasteiger partial charge in [0, 0.05) is 11.8 Å². The molecule has 0 amide bonds. The van der Waals surface area contributed by atoms with Crippen LogP contribution in [0.1, 0.15) is 68.9 Å². The van der Waals surface area contributed by atoms with E-state index in [-0.39, 0.29) is 24.2 Å². The van der Waals surface area contributed by atoms with Gasteiger partial charge in [0.25, 0.3) is 0 Å². The smallest absolute Gasteiger partial charge is 0.119 e. The average molecular weight is 525 g/mol. The summed E-state index contributed by atoms with van der Waals surface area (Å²) in [6, 6.07) is 16.7. The quantitative estimate of drug-likeness (QED) is 0.320. The molecule has 2 aliphatic carbocycles. The zero-order valence-electron chi connectivity index (χ0n) is 22.9. The van der Waals surface area contributed by atoms with Crippen molar-refractivity contribution in [2.24, 2.45) is 23.3 Å². The maximum atomic E-state index is 10.7. The molecule has 1 unspecified atom stereocenters. The molecule has 0 aliphatic heterocycles. The molecule has 2 aromatic rings. The number of hydrogen-bond acceptors (Lipinski definition) is 6. The van der Waals surface area contributed by atoms with Gasteiger partial charge >= 0.3 is 0 Å². The Bertz CT molecular complexity index is 955. The van der Waals surface area contributed by atoms with Crippen molar-refractivity contribution in [3.8, 4) is 11.5 Å². The Hall–Kier alpha value is -2.12. The normalized spacial score (nSPS) is 25.7. The van der Waals surface area contributed by atoms with Crippen molar-refractivity contribution < 1.29 is 19.3 Å². The minimum atomic E-state index is -0.340. The Labute approximate surface area is 229 Å². The molecule has 2 aliphatic rings. The minimum absolute atomic E-state index is 0.0796. The number of benzene rings is 2. The number of aliphatic hydroxyl groups excluding tert-OH is 1. The summed E-state index contributed by atoms with van der Waals surface area (Å²) in [4.78, 5) is 0. The summed E-state index contributed by atoms with van der Waals surface area (Å²) in [5.41, 5.74) is 13.8. The van der Waals surface area contributed by atoms with Crippen LogP contribution in [-0.4, -0.2) is 49.7 Å². The van der Waals surface area contributed by atoms with Crippen LogP contribution < -0.4 is 20.9 Å². The van der Waals surface area contributed by atoms with Gasteiger partial charge in [0.15, 0.2) is 0 Å². The maximum Gasteiger partial charge on any atom is 0.119 e. The van der Waals surface area contributed by atoms with Crippen LogP contribution in [0.25, 0.3) is 0 Å². The van der Waals surface area contributed by atoms with Gasteiger partial charge in [-0.15, -0.1) is 0 Å². The first-order valence-corrected chi connectivity index (χ1v) is 14.8. The molecule has 5 N–H and O–H groups in total. The molecule has 38 heavy (non-hydrogen) atoms. The zero-order chi connectivity index (χ0) is 26.6. The van der Waals surface area contributed by atoms with Gasteiger partial charge in [0.2, 0.25) is 0 Å². The Kier molecular flexibility index (Phi) is 11.8. The van der Waals surface area contributed by atoms with Crippen LogP contribution in [-0.2, 0) is 17.6 Å². The maximum absolute atomic E-state index is 10.7. The second-order valence-electron chi connectivity index (χ2n) is 11.2. The fourth-order valence-corrected chi connectivity index (χ4v) is 5.90. The Morgan fingerprint density at radius 3 is 1.97 bits per heavy atom. The standard InChI is InChI=1S/C32H48N2O4/c33-17-5-9-24-7-3-12-28(19-24)36-22-26-11-1-2-14-32(26)38-30-15-16-31(35)27(21-30)23-37-29-13-4-8-25(20-29)10-6-18-34/h3-4,7-8,12-13,19-20,26-27,30-32,35H,1-2,5-6,9-11,14-18,21-23,33-34H2/t26-,27+,30?,31+,32+/m0/s1. The molecule has 2 aromatic carbocycles. The van der Waals surface area contributed by atoms with Crippen LogP contribution in [0.15, 0.2) is 48.5 Å². The van der Waals surface area contributed by atoms with Crippen molar-refractivity contribution in [2.75, 3.05) is 26.3 Å². The number of ether oxygens (including phenoxy) is 3. The predicted octanol–water partition coefficient (Wildman–Crippen LogP) is 5.03. The second-order valence-corrected chi connectivity index (χ2v) is 11.2. The van der Waals surface area contributed by atoms with Crippen molar-refractivity contribution in [2.45, 2.75) is 88.9 Å². The van der Waals surface area contributed by atoms with Crippen LogP contribution in [0.3, 0.4) is 0 Å². The van der Waals surface area contributed by atoms with Gasteiger partial charge in [0.05, 0.1) is 31.5 Å². The van der Waals surface area contributed by atoms with E-state index in [1.165, 1.54) is 24.0 Å². The molecule has 5 atom stereocenters. The molecule has 6 nitrogen and oxygen atoms in total. The van der Waals surface area contributed by atoms with Crippen LogP contribution >= 0.6 is 0 Å². The first kappa shape index (κ1) is 28.9. The molecule has 0 bridgehead atoms. The fraction of sp³-hybridized carbons (Fsp3) is 0.625. The molecular weight excluding hydrogens is 476 g/mol. The van der Waals surface area contributed by atoms with E-state index in [2.05, 4.69) is 30.3 Å². The predicted molar refractivity (Wildman–Crippen MR) is 153 cm³/mol. The Morgan fingerprint density at radius 2 is 1.34 bits per heavy atom. The molecule has 6 heteroatoms. The van der Waals surface area contributed by atoms with E-state index < -0.39 is 0 Å². The summed E-state index contributed by atoms with van der Waals surface area (Å²) in [5.74, 6) is 2.28. The number of rotatable bonds is 14. The average Bonchev–Trinajstić information content (AvgIpc) is 2.95. The lowest BCUT2D eigenvalue weighted by Gasteiger charge is -2.38. The van der Waals surface area contributed by atoms with Crippen molar-refractivity contribution >= 4 is 0 Å². The minimum Gasteiger partial charge on any atom is -0.493 e. The van der Waals surface area contributed by atoms with E-state index in [4.69, 9.17) is 25.7 Å². The SMILES string of the molecule is NCCCc1cccc(OC[C@H]2CC(O[C@@H]3CCCC[C@H]3COc3cccc(CCCN)c3)CC[C@H]2O)c1. The van der Waals surface area contributed by atoms with E-state index in [9.17, 15) is 5.11 Å². The molecule has 0 saturated heterocycles. The van der Waals surface area contributed by atoms with E-state index in [1.807, 2.05) is 18.2 Å². The van der Waals surface area contributed by atoms with Gasteiger partial charge in [0.1, 0.15) is 11.5 Å². The number of hydrogen-bond donors (Lipinski definition) is 3. The fourth-order valence-electron chi connectivity index (χ4n) is 5.90. The lowest BCUT2D eigenvalue weighted by Crippen LogP contribution is -2.41. The molecule has 0 radical (unpaired) electrons. The second kappa shape index (κ2) is 15.5. The van der Waals surface area contributed by atoms with Crippen LogP contribution in [0.5, 0.6) is 11.5 Å². The summed E-state index contributed by atoms with van der Waals surface area (Å²) in [5, 5.41) is 10.7. The van der Waals surface area contributed by atoms with Gasteiger partial charge in [-0.3, -0.25) is 0 Å². The van der Waals surface area contributed by atoms with Crippen LogP contribution in [0, 0.1) is 11.8 Å².